The molecule has 3 rings (SSSR count). The number of rotatable bonds is 5. The van der Waals surface area contributed by atoms with Crippen molar-refractivity contribution in [2.75, 3.05) is 24.5 Å². The minimum atomic E-state index is 0.978. The van der Waals surface area contributed by atoms with E-state index in [1.54, 1.807) is 0 Å². The lowest BCUT2D eigenvalue weighted by atomic mass is 10.0. The largest absolute Gasteiger partial charge is 0.371 e. The van der Waals surface area contributed by atoms with Gasteiger partial charge in [-0.3, -0.25) is 0 Å². The second-order valence-electron chi connectivity index (χ2n) is 6.20. The number of fused-ring (bicyclic) bond motifs is 1. The van der Waals surface area contributed by atoms with Gasteiger partial charge in [0, 0.05) is 25.3 Å². The minimum absolute atomic E-state index is 0.978. The van der Waals surface area contributed by atoms with Crippen LogP contribution in [0.3, 0.4) is 0 Å². The normalized spacial score (nSPS) is 25.8. The van der Waals surface area contributed by atoms with E-state index in [0.29, 0.717) is 0 Å². The molecule has 1 aliphatic carbocycles. The number of benzene rings is 1. The Labute approximate surface area is 117 Å². The zero-order valence-corrected chi connectivity index (χ0v) is 12.1. The molecule has 104 valence electrons. The highest BCUT2D eigenvalue weighted by molar-refractivity contribution is 5.49. The van der Waals surface area contributed by atoms with Crippen molar-refractivity contribution in [3.63, 3.8) is 0 Å². The molecule has 2 aliphatic rings. The molecule has 0 amide bonds. The van der Waals surface area contributed by atoms with Crippen LogP contribution in [0, 0.1) is 11.8 Å². The van der Waals surface area contributed by atoms with E-state index in [9.17, 15) is 0 Å². The molecule has 0 spiro atoms. The van der Waals surface area contributed by atoms with Crippen LogP contribution in [0.2, 0.25) is 0 Å². The summed E-state index contributed by atoms with van der Waals surface area (Å²) in [5.41, 5.74) is 2.82. The third-order valence-electron chi connectivity index (χ3n) is 4.78. The van der Waals surface area contributed by atoms with E-state index in [1.807, 2.05) is 0 Å². The molecule has 1 aliphatic heterocycles. The zero-order chi connectivity index (χ0) is 13.1. The predicted octanol–water partition coefficient (Wildman–Crippen LogP) is 3.42. The van der Waals surface area contributed by atoms with Crippen LogP contribution in [0.1, 0.15) is 38.2 Å². The van der Waals surface area contributed by atoms with Crippen LogP contribution in [0.5, 0.6) is 0 Å². The standard InChI is InChI=1S/C17H26N2/c1-2-10-18-11-14-6-8-17(9-7-14)19-12-15-4-3-5-16(15)13-19/h6-9,15-16,18H,2-5,10-13H2,1H3. The van der Waals surface area contributed by atoms with Crippen LogP contribution in [-0.2, 0) is 6.54 Å². The lowest BCUT2D eigenvalue weighted by Crippen LogP contribution is -2.20. The summed E-state index contributed by atoms with van der Waals surface area (Å²) < 4.78 is 0. The average Bonchev–Trinajstić information content (AvgIpc) is 3.01. The summed E-state index contributed by atoms with van der Waals surface area (Å²) in [4.78, 5) is 2.59. The predicted molar refractivity (Wildman–Crippen MR) is 81.5 cm³/mol. The number of hydrogen-bond acceptors (Lipinski definition) is 2. The average molecular weight is 258 g/mol. The van der Waals surface area contributed by atoms with Crippen molar-refractivity contribution in [1.29, 1.82) is 0 Å². The van der Waals surface area contributed by atoms with Gasteiger partial charge in [-0.15, -0.1) is 0 Å². The van der Waals surface area contributed by atoms with Gasteiger partial charge in [0.25, 0.3) is 0 Å². The molecule has 1 saturated heterocycles. The Morgan fingerprint density at radius 2 is 1.79 bits per heavy atom. The number of nitrogens with zero attached hydrogens (tertiary/aromatic N) is 1. The molecule has 0 aromatic heterocycles. The van der Waals surface area contributed by atoms with Crippen LogP contribution in [0.4, 0.5) is 5.69 Å². The fourth-order valence-electron chi connectivity index (χ4n) is 3.68. The first-order valence-electron chi connectivity index (χ1n) is 7.91. The Hall–Kier alpha value is -1.02. The Kier molecular flexibility index (Phi) is 4.07. The van der Waals surface area contributed by atoms with Gasteiger partial charge in [-0.05, 0) is 55.3 Å². The van der Waals surface area contributed by atoms with Crippen LogP contribution >= 0.6 is 0 Å². The van der Waals surface area contributed by atoms with E-state index >= 15 is 0 Å². The molecule has 2 heteroatoms. The molecule has 2 fully saturated rings. The SMILES string of the molecule is CCCNCc1ccc(N2CC3CCCC3C2)cc1. The van der Waals surface area contributed by atoms with E-state index in [1.165, 1.54) is 50.0 Å². The molecule has 1 saturated carbocycles. The van der Waals surface area contributed by atoms with Crippen molar-refractivity contribution >= 4 is 5.69 Å². The third kappa shape index (κ3) is 2.94. The van der Waals surface area contributed by atoms with Crippen LogP contribution in [0.15, 0.2) is 24.3 Å². The van der Waals surface area contributed by atoms with Crippen molar-refractivity contribution in [3.05, 3.63) is 29.8 Å². The molecule has 1 aromatic rings. The van der Waals surface area contributed by atoms with Gasteiger partial charge in [-0.25, -0.2) is 0 Å². The van der Waals surface area contributed by atoms with E-state index in [4.69, 9.17) is 0 Å². The van der Waals surface area contributed by atoms with E-state index in [2.05, 4.69) is 41.4 Å². The van der Waals surface area contributed by atoms with Gasteiger partial charge in [0.1, 0.15) is 0 Å². The summed E-state index contributed by atoms with van der Waals surface area (Å²) in [7, 11) is 0. The molecule has 2 atom stereocenters. The highest BCUT2D eigenvalue weighted by Crippen LogP contribution is 2.39. The third-order valence-corrected chi connectivity index (χ3v) is 4.78. The van der Waals surface area contributed by atoms with Crippen molar-refractivity contribution in [2.45, 2.75) is 39.2 Å². The van der Waals surface area contributed by atoms with Gasteiger partial charge < -0.3 is 10.2 Å². The highest BCUT2D eigenvalue weighted by Gasteiger charge is 2.35. The first kappa shape index (κ1) is 13.0. The Morgan fingerprint density at radius 3 is 2.42 bits per heavy atom. The molecule has 19 heavy (non-hydrogen) atoms. The summed E-state index contributed by atoms with van der Waals surface area (Å²) in [5.74, 6) is 1.96. The Morgan fingerprint density at radius 1 is 1.11 bits per heavy atom. The topological polar surface area (TPSA) is 15.3 Å². The molecule has 2 nitrogen and oxygen atoms in total. The minimum Gasteiger partial charge on any atom is -0.371 e. The van der Waals surface area contributed by atoms with Crippen molar-refractivity contribution in [1.82, 2.24) is 5.32 Å². The van der Waals surface area contributed by atoms with E-state index in [0.717, 1.165) is 24.9 Å². The highest BCUT2D eigenvalue weighted by atomic mass is 15.2. The number of hydrogen-bond donors (Lipinski definition) is 1. The fourth-order valence-corrected chi connectivity index (χ4v) is 3.68. The summed E-state index contributed by atoms with van der Waals surface area (Å²) >= 11 is 0. The van der Waals surface area contributed by atoms with Gasteiger partial charge in [0.05, 0.1) is 0 Å². The molecule has 0 bridgehead atoms. The maximum atomic E-state index is 3.46. The maximum absolute atomic E-state index is 3.46. The smallest absolute Gasteiger partial charge is 0.0366 e. The maximum Gasteiger partial charge on any atom is 0.0366 e. The summed E-state index contributed by atoms with van der Waals surface area (Å²) in [6.45, 7) is 6.90. The molecule has 0 radical (unpaired) electrons. The molecular formula is C17H26N2. The van der Waals surface area contributed by atoms with Gasteiger partial charge >= 0.3 is 0 Å². The summed E-state index contributed by atoms with van der Waals surface area (Å²) in [5, 5.41) is 3.46. The molecule has 1 N–H and O–H groups in total. The van der Waals surface area contributed by atoms with E-state index < -0.39 is 0 Å². The van der Waals surface area contributed by atoms with Gasteiger partial charge in [-0.1, -0.05) is 25.5 Å². The van der Waals surface area contributed by atoms with Crippen molar-refractivity contribution in [3.8, 4) is 0 Å². The zero-order valence-electron chi connectivity index (χ0n) is 12.1. The van der Waals surface area contributed by atoms with Gasteiger partial charge in [0.15, 0.2) is 0 Å². The molecule has 1 heterocycles. The lowest BCUT2D eigenvalue weighted by molar-refractivity contribution is 0.494. The second-order valence-corrected chi connectivity index (χ2v) is 6.20. The van der Waals surface area contributed by atoms with E-state index in [-0.39, 0.29) is 0 Å². The Bertz CT molecular complexity index is 386. The summed E-state index contributed by atoms with van der Waals surface area (Å²) in [6.07, 6.45) is 5.58. The van der Waals surface area contributed by atoms with Gasteiger partial charge in [-0.2, -0.15) is 0 Å². The first-order valence-corrected chi connectivity index (χ1v) is 7.91. The number of nitrogens with one attached hydrogen (secondary N) is 1. The summed E-state index contributed by atoms with van der Waals surface area (Å²) in [6, 6.07) is 9.19. The van der Waals surface area contributed by atoms with Crippen LogP contribution < -0.4 is 10.2 Å². The van der Waals surface area contributed by atoms with Crippen molar-refractivity contribution < 1.29 is 0 Å². The second kappa shape index (κ2) is 5.96. The van der Waals surface area contributed by atoms with Crippen LogP contribution in [0.25, 0.3) is 0 Å². The molecular weight excluding hydrogens is 232 g/mol. The van der Waals surface area contributed by atoms with Gasteiger partial charge in [0.2, 0.25) is 0 Å². The first-order chi connectivity index (χ1) is 9.36. The monoisotopic (exact) mass is 258 g/mol. The number of anilines is 1. The van der Waals surface area contributed by atoms with Crippen LogP contribution in [-0.4, -0.2) is 19.6 Å². The lowest BCUT2D eigenvalue weighted by Gasteiger charge is -2.20. The van der Waals surface area contributed by atoms with Crippen molar-refractivity contribution in [2.24, 2.45) is 11.8 Å². The molecule has 2 unspecified atom stereocenters. The quantitative estimate of drug-likeness (QED) is 0.814. The Balaban J connectivity index is 1.57. The molecule has 1 aromatic carbocycles. The fraction of sp³-hybridized carbons (Fsp3) is 0.647.